The molecule has 2 rings (SSSR count). The molecule has 10 nitrogen and oxygen atoms in total. The minimum absolute atomic E-state index is 0.0276. The zero-order valence-corrected chi connectivity index (χ0v) is 24.8. The van der Waals surface area contributed by atoms with E-state index >= 15 is 0 Å². The van der Waals surface area contributed by atoms with Crippen molar-refractivity contribution in [2.24, 2.45) is 0 Å². The van der Waals surface area contributed by atoms with Gasteiger partial charge in [-0.25, -0.2) is 4.79 Å². The van der Waals surface area contributed by atoms with E-state index in [0.29, 0.717) is 6.61 Å². The Bertz CT molecular complexity index is 885. The molecule has 3 N–H and O–H groups in total. The lowest BCUT2D eigenvalue weighted by atomic mass is 10.0. The van der Waals surface area contributed by atoms with Crippen LogP contribution in [0, 0.1) is 0 Å². The number of nitrogens with two attached hydrogens (primary N) is 1. The first-order valence-corrected chi connectivity index (χ1v) is 16.5. The SMILES string of the molecule is CCCCCCCCCCCCCCCCO[C@H]1[C@@H](OP(C)(=O)O)[C@@H](COS)O[C@H]1n1ccc(N)nc1=O. The largest absolute Gasteiger partial charge is 0.383 e. The second-order valence-electron chi connectivity index (χ2n) is 10.2. The summed E-state index contributed by atoms with van der Waals surface area (Å²) in [7, 11) is -3.89. The Labute approximate surface area is 233 Å². The van der Waals surface area contributed by atoms with Gasteiger partial charge in [-0.05, 0) is 25.4 Å². The predicted octanol–water partition coefficient (Wildman–Crippen LogP) is 5.65. The van der Waals surface area contributed by atoms with Crippen molar-refractivity contribution in [3.05, 3.63) is 22.7 Å². The van der Waals surface area contributed by atoms with Gasteiger partial charge >= 0.3 is 13.3 Å². The number of rotatable bonds is 21. The normalized spacial score (nSPS) is 23.1. The van der Waals surface area contributed by atoms with E-state index in [9.17, 15) is 14.3 Å². The van der Waals surface area contributed by atoms with E-state index in [1.165, 1.54) is 87.5 Å². The Morgan fingerprint density at radius 1 is 1.03 bits per heavy atom. The first kappa shape index (κ1) is 33.3. The highest BCUT2D eigenvalue weighted by Crippen LogP contribution is 2.45. The fourth-order valence-electron chi connectivity index (χ4n) is 4.81. The summed E-state index contributed by atoms with van der Waals surface area (Å²) in [6.45, 7) is 3.72. The van der Waals surface area contributed by atoms with Gasteiger partial charge < -0.3 is 24.3 Å². The standard InChI is InChI=1S/C26H48N3O7PS/c1-3-4-5-6-7-8-9-10-11-12-13-14-15-16-19-33-24-23(36-37(2,31)32)21(20-34-38)35-25(24)29-18-17-22(27)28-26(29)30/h17-18,21,23-25,38H,3-16,19-20H2,1-2H3,(H,31,32)(H2,27,28,30)/t21-,23+,24+,25-/m1/s1. The van der Waals surface area contributed by atoms with Crippen molar-refractivity contribution in [2.45, 2.75) is 121 Å². The van der Waals surface area contributed by atoms with E-state index in [4.69, 9.17) is 23.9 Å². The van der Waals surface area contributed by atoms with Crippen LogP contribution in [-0.2, 0) is 22.7 Å². The average molecular weight is 578 g/mol. The topological polar surface area (TPSA) is 135 Å². The van der Waals surface area contributed by atoms with Crippen LogP contribution in [0.5, 0.6) is 0 Å². The van der Waals surface area contributed by atoms with Gasteiger partial charge in [0.15, 0.2) is 6.23 Å². The Balaban J connectivity index is 1.78. The second kappa shape index (κ2) is 18.4. The van der Waals surface area contributed by atoms with E-state index in [1.54, 1.807) is 0 Å². The molecule has 1 aliphatic heterocycles. The Morgan fingerprint density at radius 3 is 2.08 bits per heavy atom. The minimum atomic E-state index is -3.89. The third-order valence-corrected chi connectivity index (χ3v) is 7.56. The average Bonchev–Trinajstić information content (AvgIpc) is 3.17. The van der Waals surface area contributed by atoms with E-state index < -0.39 is 37.8 Å². The Hall–Kier alpha value is -0.940. The molecule has 0 saturated carbocycles. The van der Waals surface area contributed by atoms with E-state index in [0.717, 1.165) is 25.9 Å². The smallest absolute Gasteiger partial charge is 0.351 e. The number of thiol groups is 1. The van der Waals surface area contributed by atoms with Crippen LogP contribution in [0.15, 0.2) is 17.1 Å². The van der Waals surface area contributed by atoms with Crippen molar-refractivity contribution in [1.82, 2.24) is 9.55 Å². The zero-order valence-electron chi connectivity index (χ0n) is 23.0. The van der Waals surface area contributed by atoms with Gasteiger partial charge in [0.1, 0.15) is 24.1 Å². The number of hydrogen-bond acceptors (Lipinski definition) is 9. The molecular formula is C26H48N3O7PS. The van der Waals surface area contributed by atoms with Crippen molar-refractivity contribution in [1.29, 1.82) is 0 Å². The number of anilines is 1. The molecule has 1 saturated heterocycles. The number of hydrogen-bond donors (Lipinski definition) is 3. The summed E-state index contributed by atoms with van der Waals surface area (Å²) >= 11 is 3.79. The first-order chi connectivity index (χ1) is 18.3. The molecule has 1 aromatic heterocycles. The van der Waals surface area contributed by atoms with Gasteiger partial charge in [-0.15, -0.1) is 0 Å². The zero-order chi connectivity index (χ0) is 27.8. The molecule has 2 heterocycles. The lowest BCUT2D eigenvalue weighted by molar-refractivity contribution is -0.0726. The van der Waals surface area contributed by atoms with Crippen molar-refractivity contribution < 1.29 is 27.6 Å². The molecule has 1 fully saturated rings. The first-order valence-electron chi connectivity index (χ1n) is 14.1. The van der Waals surface area contributed by atoms with Crippen LogP contribution in [0.2, 0.25) is 0 Å². The van der Waals surface area contributed by atoms with E-state index in [-0.39, 0.29) is 12.4 Å². The van der Waals surface area contributed by atoms with Crippen LogP contribution in [0.4, 0.5) is 5.82 Å². The summed E-state index contributed by atoms with van der Waals surface area (Å²) < 4.78 is 35.8. The van der Waals surface area contributed by atoms with Crippen molar-refractivity contribution >= 4 is 26.3 Å². The Morgan fingerprint density at radius 2 is 1.58 bits per heavy atom. The maximum atomic E-state index is 12.5. The molecule has 12 heteroatoms. The van der Waals surface area contributed by atoms with Gasteiger partial charge in [0, 0.05) is 19.5 Å². The second-order valence-corrected chi connectivity index (χ2v) is 12.3. The van der Waals surface area contributed by atoms with Crippen LogP contribution in [-0.4, -0.2) is 52.6 Å². The number of nitrogen functional groups attached to an aromatic ring is 1. The maximum Gasteiger partial charge on any atom is 0.351 e. The quantitative estimate of drug-likeness (QED) is 0.0733. The number of ether oxygens (including phenoxy) is 2. The summed E-state index contributed by atoms with van der Waals surface area (Å²) in [5.41, 5.74) is 5.01. The summed E-state index contributed by atoms with van der Waals surface area (Å²) in [4.78, 5) is 26.1. The van der Waals surface area contributed by atoms with Gasteiger partial charge in [0.2, 0.25) is 0 Å². The van der Waals surface area contributed by atoms with Crippen LogP contribution in [0.3, 0.4) is 0 Å². The van der Waals surface area contributed by atoms with Gasteiger partial charge in [-0.3, -0.25) is 13.7 Å². The van der Waals surface area contributed by atoms with E-state index in [1.807, 2.05) is 0 Å². The highest BCUT2D eigenvalue weighted by molar-refractivity contribution is 7.75. The van der Waals surface area contributed by atoms with E-state index in [2.05, 4.69) is 24.8 Å². The fourth-order valence-corrected chi connectivity index (χ4v) is 5.66. The number of unbranched alkanes of at least 4 members (excludes halogenated alkanes) is 13. The molecule has 0 bridgehead atoms. The molecule has 0 radical (unpaired) electrons. The van der Waals surface area contributed by atoms with Crippen LogP contribution in [0.1, 0.15) is 103 Å². The van der Waals surface area contributed by atoms with Gasteiger partial charge in [-0.2, -0.15) is 4.98 Å². The third-order valence-electron chi connectivity index (χ3n) is 6.78. The van der Waals surface area contributed by atoms with Crippen LogP contribution in [0.25, 0.3) is 0 Å². The van der Waals surface area contributed by atoms with Gasteiger partial charge in [-0.1, -0.05) is 90.4 Å². The molecule has 38 heavy (non-hydrogen) atoms. The molecule has 1 unspecified atom stereocenters. The monoisotopic (exact) mass is 577 g/mol. The number of nitrogens with zero attached hydrogens (tertiary/aromatic N) is 2. The summed E-state index contributed by atoms with van der Waals surface area (Å²) in [5.74, 6) is 0.0839. The van der Waals surface area contributed by atoms with Gasteiger partial charge in [0.25, 0.3) is 0 Å². The van der Waals surface area contributed by atoms with Crippen LogP contribution >= 0.6 is 20.5 Å². The maximum absolute atomic E-state index is 12.5. The molecule has 0 spiro atoms. The predicted molar refractivity (Wildman–Crippen MR) is 152 cm³/mol. The summed E-state index contributed by atoms with van der Waals surface area (Å²) in [6, 6.07) is 1.48. The van der Waals surface area contributed by atoms with Crippen molar-refractivity contribution in [3.8, 4) is 0 Å². The molecule has 1 aromatic rings. The summed E-state index contributed by atoms with van der Waals surface area (Å²) in [5, 5.41) is 0. The molecule has 1 aliphatic rings. The number of aromatic nitrogens is 2. The fraction of sp³-hybridized carbons (Fsp3) is 0.846. The molecular weight excluding hydrogens is 529 g/mol. The van der Waals surface area contributed by atoms with Crippen LogP contribution < -0.4 is 11.4 Å². The third kappa shape index (κ3) is 12.5. The Kier molecular flexibility index (Phi) is 16.1. The van der Waals surface area contributed by atoms with Crippen molar-refractivity contribution in [3.63, 3.8) is 0 Å². The molecule has 5 atom stereocenters. The lowest BCUT2D eigenvalue weighted by Gasteiger charge is -2.25. The lowest BCUT2D eigenvalue weighted by Crippen LogP contribution is -2.39. The molecule has 0 aromatic carbocycles. The molecule has 220 valence electrons. The van der Waals surface area contributed by atoms with Crippen molar-refractivity contribution in [2.75, 3.05) is 25.6 Å². The van der Waals surface area contributed by atoms with Gasteiger partial charge in [0.05, 0.1) is 6.61 Å². The summed E-state index contributed by atoms with van der Waals surface area (Å²) in [6.07, 6.45) is 15.5. The minimum Gasteiger partial charge on any atom is -0.383 e. The highest BCUT2D eigenvalue weighted by Gasteiger charge is 2.49. The highest BCUT2D eigenvalue weighted by atomic mass is 32.1. The molecule has 0 aliphatic carbocycles. The molecule has 0 amide bonds.